The molecule has 1 atom stereocenters. The van der Waals surface area contributed by atoms with Crippen LogP contribution in [0.4, 0.5) is 27.8 Å². The van der Waals surface area contributed by atoms with E-state index in [1.807, 2.05) is 0 Å². The molecule has 1 aliphatic rings. The summed E-state index contributed by atoms with van der Waals surface area (Å²) in [5.41, 5.74) is 7.28. The molecular weight excluding hydrogens is 413 g/mol. The first-order valence-corrected chi connectivity index (χ1v) is 8.57. The Balaban J connectivity index is 1.94. The maximum absolute atomic E-state index is 14.4. The maximum Gasteiger partial charge on any atom is 0.281 e. The number of benzene rings is 1. The molecule has 0 aliphatic carbocycles. The number of nitrogens with zero attached hydrogens (tertiary/aromatic N) is 3. The first-order valence-electron chi connectivity index (χ1n) is 8.57. The molecule has 30 heavy (non-hydrogen) atoms. The Kier molecular flexibility index (Phi) is 5.97. The molecular formula is C18H16F5N5O2. The molecule has 0 spiro atoms. The molecule has 0 saturated heterocycles. The standard InChI is InChI=1S/C18H16F5N5O2/c19-10-2-1-8(3-9(10)18(17(22)23)7-30-6-13(24)28-18)4-12(29)14-16(25)27-11(5-26-14)15(20)21/h1-3,5,15,17H,4,6-7H2,(H2,24,28)(H2,25,27)/t18-/m0/s1. The van der Waals surface area contributed by atoms with E-state index in [0.717, 1.165) is 12.1 Å². The van der Waals surface area contributed by atoms with E-state index in [1.165, 1.54) is 6.07 Å². The SMILES string of the molecule is NC1=N[C@@](c2cc(CC(=O)c3ncc(C(F)F)nc3N)ccc2F)(C(F)F)COC1. The zero-order chi connectivity index (χ0) is 22.1. The smallest absolute Gasteiger partial charge is 0.281 e. The average molecular weight is 429 g/mol. The highest BCUT2D eigenvalue weighted by Crippen LogP contribution is 2.37. The summed E-state index contributed by atoms with van der Waals surface area (Å²) < 4.78 is 72.5. The average Bonchev–Trinajstić information content (AvgIpc) is 2.68. The minimum atomic E-state index is -3.14. The molecule has 0 fully saturated rings. The Morgan fingerprint density at radius 3 is 2.57 bits per heavy atom. The van der Waals surface area contributed by atoms with E-state index in [9.17, 15) is 26.7 Å². The Labute approximate surface area is 167 Å². The lowest BCUT2D eigenvalue weighted by atomic mass is 9.88. The van der Waals surface area contributed by atoms with Crippen molar-refractivity contribution in [2.75, 3.05) is 18.9 Å². The van der Waals surface area contributed by atoms with Crippen LogP contribution in [-0.4, -0.2) is 41.2 Å². The van der Waals surface area contributed by atoms with Gasteiger partial charge in [-0.25, -0.2) is 31.9 Å². The number of hydrogen-bond donors (Lipinski definition) is 2. The summed E-state index contributed by atoms with van der Waals surface area (Å²) in [7, 11) is 0. The number of amidine groups is 1. The molecule has 0 radical (unpaired) electrons. The number of anilines is 1. The summed E-state index contributed by atoms with van der Waals surface area (Å²) in [6.07, 6.45) is -5.76. The van der Waals surface area contributed by atoms with Gasteiger partial charge in [0.25, 0.3) is 12.9 Å². The van der Waals surface area contributed by atoms with Crippen molar-refractivity contribution in [1.29, 1.82) is 0 Å². The first-order chi connectivity index (χ1) is 14.1. The topological polar surface area (TPSA) is 116 Å². The quantitative estimate of drug-likeness (QED) is 0.538. The van der Waals surface area contributed by atoms with Gasteiger partial charge in [-0.3, -0.25) is 9.79 Å². The van der Waals surface area contributed by atoms with Gasteiger partial charge in [-0.1, -0.05) is 6.07 Å². The molecule has 12 heteroatoms. The van der Waals surface area contributed by atoms with Crippen LogP contribution in [0.1, 0.15) is 33.7 Å². The second-order valence-corrected chi connectivity index (χ2v) is 6.56. The Morgan fingerprint density at radius 1 is 1.23 bits per heavy atom. The number of halogens is 5. The molecule has 1 aromatic carbocycles. The van der Waals surface area contributed by atoms with Crippen LogP contribution in [-0.2, 0) is 16.7 Å². The van der Waals surface area contributed by atoms with E-state index in [4.69, 9.17) is 16.2 Å². The lowest BCUT2D eigenvalue weighted by Gasteiger charge is -2.33. The van der Waals surface area contributed by atoms with Crippen molar-refractivity contribution in [3.8, 4) is 0 Å². The fourth-order valence-corrected chi connectivity index (χ4v) is 3.02. The Hall–Kier alpha value is -3.15. The van der Waals surface area contributed by atoms with Crippen LogP contribution in [0.5, 0.6) is 0 Å². The predicted molar refractivity (Wildman–Crippen MR) is 96.0 cm³/mol. The zero-order valence-corrected chi connectivity index (χ0v) is 15.3. The summed E-state index contributed by atoms with van der Waals surface area (Å²) in [6.45, 7) is -0.770. The third-order valence-corrected chi connectivity index (χ3v) is 4.44. The number of alkyl halides is 4. The van der Waals surface area contributed by atoms with Crippen LogP contribution in [0.2, 0.25) is 0 Å². The summed E-state index contributed by atoms with van der Waals surface area (Å²) >= 11 is 0. The van der Waals surface area contributed by atoms with Crippen LogP contribution in [0.15, 0.2) is 29.4 Å². The van der Waals surface area contributed by atoms with Crippen molar-refractivity contribution in [2.24, 2.45) is 10.7 Å². The number of carbonyl (C=O) groups is 1. The second-order valence-electron chi connectivity index (χ2n) is 6.56. The third-order valence-electron chi connectivity index (χ3n) is 4.44. The van der Waals surface area contributed by atoms with E-state index >= 15 is 0 Å². The minimum absolute atomic E-state index is 0.148. The zero-order valence-electron chi connectivity index (χ0n) is 15.3. The maximum atomic E-state index is 14.4. The third kappa shape index (κ3) is 4.08. The lowest BCUT2D eigenvalue weighted by Crippen LogP contribution is -2.45. The molecule has 1 aromatic heterocycles. The number of hydrogen-bond acceptors (Lipinski definition) is 7. The number of nitrogen functional groups attached to an aromatic ring is 1. The fraction of sp³-hybridized carbons (Fsp3) is 0.333. The van der Waals surface area contributed by atoms with Crippen LogP contribution < -0.4 is 11.5 Å². The first kappa shape index (κ1) is 21.6. The molecule has 2 heterocycles. The highest BCUT2D eigenvalue weighted by atomic mass is 19.3. The molecule has 2 aromatic rings. The van der Waals surface area contributed by atoms with E-state index in [0.29, 0.717) is 6.20 Å². The van der Waals surface area contributed by atoms with Crippen molar-refractivity contribution in [2.45, 2.75) is 24.8 Å². The molecule has 3 rings (SSSR count). The Bertz CT molecular complexity index is 1000. The van der Waals surface area contributed by atoms with Gasteiger partial charge in [0.15, 0.2) is 17.1 Å². The molecule has 4 N–H and O–H groups in total. The minimum Gasteiger partial charge on any atom is -0.385 e. The molecule has 7 nitrogen and oxygen atoms in total. The summed E-state index contributed by atoms with van der Waals surface area (Å²) in [5, 5.41) is 0. The number of ether oxygens (including phenoxy) is 1. The van der Waals surface area contributed by atoms with E-state index in [2.05, 4.69) is 15.0 Å². The predicted octanol–water partition coefficient (Wildman–Crippen LogP) is 2.41. The number of rotatable bonds is 6. The molecule has 160 valence electrons. The summed E-state index contributed by atoms with van der Waals surface area (Å²) in [4.78, 5) is 23.2. The molecule has 0 amide bonds. The van der Waals surface area contributed by atoms with Crippen molar-refractivity contribution in [3.05, 3.63) is 52.7 Å². The molecule has 0 bridgehead atoms. The second kappa shape index (κ2) is 8.30. The summed E-state index contributed by atoms with van der Waals surface area (Å²) in [5.74, 6) is -2.41. The number of carbonyl (C=O) groups excluding carboxylic acids is 1. The number of aromatic nitrogens is 2. The molecule has 0 unspecified atom stereocenters. The van der Waals surface area contributed by atoms with Crippen molar-refractivity contribution >= 4 is 17.4 Å². The van der Waals surface area contributed by atoms with Crippen LogP contribution in [0.25, 0.3) is 0 Å². The normalized spacial score (nSPS) is 19.2. The fourth-order valence-electron chi connectivity index (χ4n) is 3.02. The van der Waals surface area contributed by atoms with Crippen molar-refractivity contribution in [3.63, 3.8) is 0 Å². The summed E-state index contributed by atoms with van der Waals surface area (Å²) in [6, 6.07) is 3.18. The van der Waals surface area contributed by atoms with Gasteiger partial charge in [0.05, 0.1) is 12.8 Å². The molecule has 1 aliphatic heterocycles. The van der Waals surface area contributed by atoms with E-state index in [-0.39, 0.29) is 23.7 Å². The largest absolute Gasteiger partial charge is 0.385 e. The lowest BCUT2D eigenvalue weighted by molar-refractivity contribution is -0.0146. The van der Waals surface area contributed by atoms with Crippen molar-refractivity contribution in [1.82, 2.24) is 9.97 Å². The highest BCUT2D eigenvalue weighted by molar-refractivity contribution is 5.99. The van der Waals surface area contributed by atoms with Gasteiger partial charge in [-0.2, -0.15) is 0 Å². The van der Waals surface area contributed by atoms with Gasteiger partial charge >= 0.3 is 0 Å². The highest BCUT2D eigenvalue weighted by Gasteiger charge is 2.46. The number of aliphatic imine (C=N–C) groups is 1. The van der Waals surface area contributed by atoms with Gasteiger partial charge in [0.2, 0.25) is 0 Å². The number of ketones is 1. The van der Waals surface area contributed by atoms with Crippen LogP contribution in [0, 0.1) is 5.82 Å². The van der Waals surface area contributed by atoms with Gasteiger partial charge < -0.3 is 16.2 Å². The molecule has 0 saturated carbocycles. The van der Waals surface area contributed by atoms with Gasteiger partial charge in [-0.15, -0.1) is 0 Å². The number of Topliss-reactive ketones (excluding diaryl/α,β-unsaturated/α-hetero) is 1. The Morgan fingerprint density at radius 2 is 1.97 bits per heavy atom. The van der Waals surface area contributed by atoms with E-state index < -0.39 is 60.1 Å². The monoisotopic (exact) mass is 429 g/mol. The number of nitrogens with two attached hydrogens (primary N) is 2. The van der Waals surface area contributed by atoms with Gasteiger partial charge in [0.1, 0.15) is 29.6 Å². The van der Waals surface area contributed by atoms with Crippen LogP contribution >= 0.6 is 0 Å². The van der Waals surface area contributed by atoms with E-state index in [1.54, 1.807) is 0 Å². The van der Waals surface area contributed by atoms with Crippen molar-refractivity contribution < 1.29 is 31.5 Å². The van der Waals surface area contributed by atoms with Crippen LogP contribution in [0.3, 0.4) is 0 Å². The van der Waals surface area contributed by atoms with Gasteiger partial charge in [-0.05, 0) is 17.7 Å². The van der Waals surface area contributed by atoms with Gasteiger partial charge in [0, 0.05) is 12.0 Å².